The van der Waals surface area contributed by atoms with Crippen LogP contribution in [0.25, 0.3) is 10.8 Å². The molecule has 0 radical (unpaired) electrons. The van der Waals surface area contributed by atoms with Crippen molar-refractivity contribution in [2.75, 3.05) is 13.1 Å². The number of amides is 3. The molecule has 6 rings (SSSR count). The molecule has 3 heterocycles. The summed E-state index contributed by atoms with van der Waals surface area (Å²) in [5, 5.41) is 4.05. The van der Waals surface area contributed by atoms with E-state index < -0.39 is 6.04 Å². The van der Waals surface area contributed by atoms with Crippen LogP contribution in [0.3, 0.4) is 0 Å². The third-order valence-electron chi connectivity index (χ3n) is 7.92. The number of nitrogens with zero attached hydrogens (tertiary/aromatic N) is 2. The maximum absolute atomic E-state index is 14.3. The standard InChI is InChI=1S/C29H28FN3O3/c30-25-6-2-4-23-21(3-1-5-24(23)25)19-11-13-32(14-12-19)16-18-7-8-22-20(15-18)17-33(29(22)36)26-9-10-27(34)31-28(26)35/h1-8,15,19,26H,9-14,16-17H2,(H,31,34,35). The van der Waals surface area contributed by atoms with E-state index in [9.17, 15) is 18.8 Å². The van der Waals surface area contributed by atoms with Gasteiger partial charge in [-0.3, -0.25) is 24.6 Å². The van der Waals surface area contributed by atoms with Crippen LogP contribution in [-0.2, 0) is 22.7 Å². The normalized spacial score (nSPS) is 21.2. The van der Waals surface area contributed by atoms with Crippen LogP contribution in [0.4, 0.5) is 4.39 Å². The molecule has 0 bridgehead atoms. The molecule has 2 fully saturated rings. The van der Waals surface area contributed by atoms with Gasteiger partial charge in [-0.2, -0.15) is 0 Å². The number of imide groups is 1. The van der Waals surface area contributed by atoms with Crippen LogP contribution in [0.1, 0.15) is 58.6 Å². The second-order valence-corrected chi connectivity index (χ2v) is 10.1. The summed E-state index contributed by atoms with van der Waals surface area (Å²) in [6.45, 7) is 3.11. The number of nitrogens with one attached hydrogen (secondary N) is 1. The molecule has 1 N–H and O–H groups in total. The Labute approximate surface area is 209 Å². The molecule has 2 saturated heterocycles. The quantitative estimate of drug-likeness (QED) is 0.565. The minimum absolute atomic E-state index is 0.140. The van der Waals surface area contributed by atoms with Gasteiger partial charge in [-0.25, -0.2) is 4.39 Å². The summed E-state index contributed by atoms with van der Waals surface area (Å²) < 4.78 is 14.3. The van der Waals surface area contributed by atoms with E-state index in [1.54, 1.807) is 11.0 Å². The zero-order valence-electron chi connectivity index (χ0n) is 20.0. The second kappa shape index (κ2) is 9.13. The van der Waals surface area contributed by atoms with E-state index in [2.05, 4.69) is 22.3 Å². The highest BCUT2D eigenvalue weighted by Crippen LogP contribution is 2.35. The van der Waals surface area contributed by atoms with E-state index in [4.69, 9.17) is 0 Å². The smallest absolute Gasteiger partial charge is 0.255 e. The van der Waals surface area contributed by atoms with Crippen molar-refractivity contribution in [3.8, 4) is 0 Å². The van der Waals surface area contributed by atoms with Crippen LogP contribution in [0.5, 0.6) is 0 Å². The van der Waals surface area contributed by atoms with Gasteiger partial charge in [-0.15, -0.1) is 0 Å². The summed E-state index contributed by atoms with van der Waals surface area (Å²) in [6, 6.07) is 16.6. The molecule has 3 aromatic rings. The summed E-state index contributed by atoms with van der Waals surface area (Å²) in [6.07, 6.45) is 2.66. The molecule has 3 amide bonds. The number of hydrogen-bond acceptors (Lipinski definition) is 4. The van der Waals surface area contributed by atoms with Crippen molar-refractivity contribution in [3.63, 3.8) is 0 Å². The Bertz CT molecular complexity index is 1380. The molecule has 7 heteroatoms. The van der Waals surface area contributed by atoms with Crippen LogP contribution in [-0.4, -0.2) is 46.7 Å². The first-order chi connectivity index (χ1) is 17.5. The maximum atomic E-state index is 14.3. The number of piperidine rings is 2. The largest absolute Gasteiger partial charge is 0.322 e. The molecule has 0 aliphatic carbocycles. The average Bonchev–Trinajstić information content (AvgIpc) is 3.20. The van der Waals surface area contributed by atoms with Gasteiger partial charge in [-0.05, 0) is 72.5 Å². The molecule has 1 unspecified atom stereocenters. The monoisotopic (exact) mass is 485 g/mol. The fraction of sp³-hybridized carbons (Fsp3) is 0.345. The van der Waals surface area contributed by atoms with Gasteiger partial charge < -0.3 is 4.90 Å². The number of likely N-dealkylation sites (tertiary alicyclic amines) is 1. The van der Waals surface area contributed by atoms with E-state index in [1.807, 2.05) is 30.3 Å². The number of carbonyl (C=O) groups is 3. The Kier molecular flexibility index (Phi) is 5.80. The Morgan fingerprint density at radius 1 is 0.917 bits per heavy atom. The number of fused-ring (bicyclic) bond motifs is 2. The summed E-state index contributed by atoms with van der Waals surface area (Å²) in [4.78, 5) is 40.7. The lowest BCUT2D eigenvalue weighted by molar-refractivity contribution is -0.136. The Balaban J connectivity index is 1.11. The third-order valence-corrected chi connectivity index (χ3v) is 7.92. The van der Waals surface area contributed by atoms with Crippen molar-refractivity contribution in [1.29, 1.82) is 0 Å². The molecule has 1 atom stereocenters. The van der Waals surface area contributed by atoms with Crippen LogP contribution in [0.2, 0.25) is 0 Å². The van der Waals surface area contributed by atoms with Gasteiger partial charge in [0.2, 0.25) is 11.8 Å². The lowest BCUT2D eigenvalue weighted by Crippen LogP contribution is -2.52. The molecule has 0 saturated carbocycles. The number of carbonyl (C=O) groups excluding carboxylic acids is 3. The summed E-state index contributed by atoms with van der Waals surface area (Å²) in [5.41, 5.74) is 3.97. The number of rotatable bonds is 4. The van der Waals surface area contributed by atoms with Crippen molar-refractivity contribution in [1.82, 2.24) is 15.1 Å². The van der Waals surface area contributed by atoms with Crippen LogP contribution >= 0.6 is 0 Å². The molecule has 0 spiro atoms. The molecule has 3 aliphatic rings. The number of hydrogen-bond donors (Lipinski definition) is 1. The first-order valence-corrected chi connectivity index (χ1v) is 12.6. The summed E-state index contributed by atoms with van der Waals surface area (Å²) >= 11 is 0. The molecule has 36 heavy (non-hydrogen) atoms. The van der Waals surface area contributed by atoms with E-state index in [0.717, 1.165) is 49.0 Å². The van der Waals surface area contributed by atoms with Gasteiger partial charge in [0.25, 0.3) is 5.91 Å². The maximum Gasteiger partial charge on any atom is 0.255 e. The number of benzene rings is 3. The lowest BCUT2D eigenvalue weighted by Gasteiger charge is -2.32. The Morgan fingerprint density at radius 3 is 2.50 bits per heavy atom. The topological polar surface area (TPSA) is 69.7 Å². The van der Waals surface area contributed by atoms with Gasteiger partial charge >= 0.3 is 0 Å². The minimum atomic E-state index is -0.590. The molecule has 6 nitrogen and oxygen atoms in total. The van der Waals surface area contributed by atoms with E-state index >= 15 is 0 Å². The average molecular weight is 486 g/mol. The molecular weight excluding hydrogens is 457 g/mol. The van der Waals surface area contributed by atoms with E-state index in [-0.39, 0.29) is 30.0 Å². The van der Waals surface area contributed by atoms with Gasteiger partial charge in [0, 0.05) is 30.5 Å². The lowest BCUT2D eigenvalue weighted by atomic mass is 9.86. The van der Waals surface area contributed by atoms with Crippen LogP contribution in [0, 0.1) is 5.82 Å². The molecule has 184 valence electrons. The Hall–Kier alpha value is -3.58. The SMILES string of the molecule is O=C1CCC(N2Cc3cc(CN4CCC(c5cccc6c(F)cccc56)CC4)ccc3C2=O)C(=O)N1. The van der Waals surface area contributed by atoms with Crippen molar-refractivity contribution < 1.29 is 18.8 Å². The Morgan fingerprint density at radius 2 is 1.69 bits per heavy atom. The molecular formula is C29H28FN3O3. The highest BCUT2D eigenvalue weighted by Gasteiger charge is 2.39. The zero-order chi connectivity index (χ0) is 24.8. The first kappa shape index (κ1) is 22.9. The van der Waals surface area contributed by atoms with Crippen molar-refractivity contribution in [3.05, 3.63) is 82.7 Å². The molecule has 0 aromatic heterocycles. The summed E-state index contributed by atoms with van der Waals surface area (Å²) in [5.74, 6) is -0.563. The van der Waals surface area contributed by atoms with Gasteiger partial charge in [0.05, 0.1) is 0 Å². The van der Waals surface area contributed by atoms with Crippen molar-refractivity contribution in [2.24, 2.45) is 0 Å². The van der Waals surface area contributed by atoms with Gasteiger partial charge in [0.1, 0.15) is 11.9 Å². The summed E-state index contributed by atoms with van der Waals surface area (Å²) in [7, 11) is 0. The number of halogens is 1. The fourth-order valence-corrected chi connectivity index (χ4v) is 6.04. The van der Waals surface area contributed by atoms with Crippen molar-refractivity contribution in [2.45, 2.75) is 50.7 Å². The second-order valence-electron chi connectivity index (χ2n) is 10.1. The first-order valence-electron chi connectivity index (χ1n) is 12.6. The highest BCUT2D eigenvalue weighted by molar-refractivity contribution is 6.05. The predicted octanol–water partition coefficient (Wildman–Crippen LogP) is 4.12. The van der Waals surface area contributed by atoms with E-state index in [1.165, 1.54) is 11.6 Å². The fourth-order valence-electron chi connectivity index (χ4n) is 6.04. The van der Waals surface area contributed by atoms with Crippen molar-refractivity contribution >= 4 is 28.5 Å². The van der Waals surface area contributed by atoms with Gasteiger partial charge in [-0.1, -0.05) is 42.5 Å². The van der Waals surface area contributed by atoms with Gasteiger partial charge in [0.15, 0.2) is 0 Å². The van der Waals surface area contributed by atoms with Crippen LogP contribution < -0.4 is 5.32 Å². The zero-order valence-corrected chi connectivity index (χ0v) is 20.0. The molecule has 3 aliphatic heterocycles. The van der Waals surface area contributed by atoms with Crippen LogP contribution in [0.15, 0.2) is 54.6 Å². The molecule has 3 aromatic carbocycles. The predicted molar refractivity (Wildman–Crippen MR) is 134 cm³/mol. The third kappa shape index (κ3) is 4.07. The minimum Gasteiger partial charge on any atom is -0.322 e. The van der Waals surface area contributed by atoms with E-state index in [0.29, 0.717) is 29.8 Å². The highest BCUT2D eigenvalue weighted by atomic mass is 19.1.